The van der Waals surface area contributed by atoms with Gasteiger partial charge in [0.2, 0.25) is 0 Å². The van der Waals surface area contributed by atoms with Gasteiger partial charge in [0.15, 0.2) is 0 Å². The maximum atomic E-state index is 10.8. The van der Waals surface area contributed by atoms with Crippen LogP contribution in [0.3, 0.4) is 0 Å². The lowest BCUT2D eigenvalue weighted by Gasteiger charge is -2.09. The van der Waals surface area contributed by atoms with E-state index in [1.165, 1.54) is 25.3 Å². The number of aliphatic hydroxyl groups is 1. The van der Waals surface area contributed by atoms with Crippen molar-refractivity contribution < 1.29 is 24.5 Å². The zero-order valence-corrected chi connectivity index (χ0v) is 8.27. The van der Waals surface area contributed by atoms with E-state index in [0.29, 0.717) is 5.75 Å². The highest BCUT2D eigenvalue weighted by atomic mass is 16.5. The van der Waals surface area contributed by atoms with Crippen LogP contribution in [0.4, 0.5) is 0 Å². The molecule has 5 nitrogen and oxygen atoms in total. The molecule has 0 saturated heterocycles. The lowest BCUT2D eigenvalue weighted by Crippen LogP contribution is -2.07. The monoisotopic (exact) mass is 212 g/mol. The third-order valence-corrected chi connectivity index (χ3v) is 1.77. The third kappa shape index (κ3) is 2.85. The van der Waals surface area contributed by atoms with Gasteiger partial charge in [0.05, 0.1) is 13.7 Å². The first kappa shape index (κ1) is 11.3. The zero-order chi connectivity index (χ0) is 11.3. The molecule has 0 radical (unpaired) electrons. The number of ether oxygens (including phenoxy) is 2. The topological polar surface area (TPSA) is 76.0 Å². The van der Waals surface area contributed by atoms with Crippen molar-refractivity contribution in [2.75, 3.05) is 20.3 Å². The van der Waals surface area contributed by atoms with Crippen LogP contribution in [0.1, 0.15) is 10.4 Å². The second-order valence-corrected chi connectivity index (χ2v) is 2.74. The Labute approximate surface area is 86.9 Å². The average molecular weight is 212 g/mol. The van der Waals surface area contributed by atoms with E-state index >= 15 is 0 Å². The Morgan fingerprint density at radius 2 is 2.20 bits per heavy atom. The van der Waals surface area contributed by atoms with Crippen LogP contribution >= 0.6 is 0 Å². The van der Waals surface area contributed by atoms with E-state index < -0.39 is 5.97 Å². The third-order valence-electron chi connectivity index (χ3n) is 1.77. The number of methoxy groups -OCH3 is 1. The molecule has 1 aromatic carbocycles. The molecule has 0 spiro atoms. The first-order chi connectivity index (χ1) is 7.19. The molecule has 0 saturated carbocycles. The van der Waals surface area contributed by atoms with Crippen molar-refractivity contribution in [1.82, 2.24) is 0 Å². The van der Waals surface area contributed by atoms with Gasteiger partial charge >= 0.3 is 5.97 Å². The maximum Gasteiger partial charge on any atom is 0.339 e. The zero-order valence-electron chi connectivity index (χ0n) is 8.27. The summed E-state index contributed by atoms with van der Waals surface area (Å²) in [6, 6.07) is 4.41. The molecule has 0 atom stereocenters. The van der Waals surface area contributed by atoms with Gasteiger partial charge in [-0.1, -0.05) is 0 Å². The number of benzene rings is 1. The Kier molecular flexibility index (Phi) is 3.93. The van der Waals surface area contributed by atoms with Crippen molar-refractivity contribution in [3.05, 3.63) is 23.8 Å². The van der Waals surface area contributed by atoms with E-state index in [0.717, 1.165) is 0 Å². The molecule has 0 aliphatic rings. The van der Waals surface area contributed by atoms with Crippen molar-refractivity contribution in [2.45, 2.75) is 0 Å². The molecule has 0 heterocycles. The average Bonchev–Trinajstić information content (AvgIpc) is 2.25. The summed E-state index contributed by atoms with van der Waals surface area (Å²) in [5.41, 5.74) is 0.0456. The Morgan fingerprint density at radius 3 is 2.73 bits per heavy atom. The van der Waals surface area contributed by atoms with Crippen LogP contribution in [0.2, 0.25) is 0 Å². The summed E-state index contributed by atoms with van der Waals surface area (Å²) < 4.78 is 10.0. The Balaban J connectivity index is 2.99. The predicted octanol–water partition coefficient (Wildman–Crippen LogP) is 0.764. The molecule has 15 heavy (non-hydrogen) atoms. The number of carboxylic acid groups (broad SMARTS) is 1. The van der Waals surface area contributed by atoms with Crippen molar-refractivity contribution in [3.8, 4) is 11.5 Å². The summed E-state index contributed by atoms with van der Waals surface area (Å²) in [6.45, 7) is -0.121. The number of carboxylic acids is 1. The fraction of sp³-hybridized carbons (Fsp3) is 0.300. The minimum atomic E-state index is -1.08. The van der Waals surface area contributed by atoms with Gasteiger partial charge in [0.1, 0.15) is 23.7 Å². The van der Waals surface area contributed by atoms with E-state index in [2.05, 4.69) is 0 Å². The minimum absolute atomic E-state index is 0.0456. The number of hydrogen-bond acceptors (Lipinski definition) is 4. The predicted molar refractivity (Wildman–Crippen MR) is 52.5 cm³/mol. The normalized spacial score (nSPS) is 9.73. The van der Waals surface area contributed by atoms with E-state index in [1.807, 2.05) is 0 Å². The highest BCUT2D eigenvalue weighted by Gasteiger charge is 2.12. The van der Waals surface area contributed by atoms with Crippen LogP contribution < -0.4 is 9.47 Å². The van der Waals surface area contributed by atoms with Crippen molar-refractivity contribution in [1.29, 1.82) is 0 Å². The molecule has 0 unspecified atom stereocenters. The lowest BCUT2D eigenvalue weighted by molar-refractivity contribution is 0.0690. The first-order valence-corrected chi connectivity index (χ1v) is 4.34. The van der Waals surface area contributed by atoms with Gasteiger partial charge in [-0.3, -0.25) is 0 Å². The van der Waals surface area contributed by atoms with Crippen molar-refractivity contribution in [3.63, 3.8) is 0 Å². The van der Waals surface area contributed by atoms with Gasteiger partial charge in [0.25, 0.3) is 0 Å². The van der Waals surface area contributed by atoms with Gasteiger partial charge in [-0.2, -0.15) is 0 Å². The summed E-state index contributed by atoms with van der Waals surface area (Å²) in [5, 5.41) is 17.4. The summed E-state index contributed by atoms with van der Waals surface area (Å²) in [7, 11) is 1.48. The summed E-state index contributed by atoms with van der Waals surface area (Å²) in [5.74, 6) is -0.380. The molecule has 5 heteroatoms. The van der Waals surface area contributed by atoms with Crippen LogP contribution in [0, 0.1) is 0 Å². The fourth-order valence-corrected chi connectivity index (χ4v) is 1.08. The number of rotatable bonds is 5. The smallest absolute Gasteiger partial charge is 0.339 e. The molecule has 0 bridgehead atoms. The summed E-state index contributed by atoms with van der Waals surface area (Å²) in [6.07, 6.45) is 0. The van der Waals surface area contributed by atoms with Crippen LogP contribution in [-0.2, 0) is 0 Å². The quantitative estimate of drug-likeness (QED) is 0.753. The summed E-state index contributed by atoms with van der Waals surface area (Å²) in [4.78, 5) is 10.8. The molecule has 82 valence electrons. The molecule has 0 aliphatic carbocycles. The van der Waals surface area contributed by atoms with Crippen molar-refractivity contribution in [2.24, 2.45) is 0 Å². The number of carbonyl (C=O) groups is 1. The largest absolute Gasteiger partial charge is 0.497 e. The number of hydrogen-bond donors (Lipinski definition) is 2. The molecule has 2 N–H and O–H groups in total. The molecule has 0 amide bonds. The van der Waals surface area contributed by atoms with Crippen LogP contribution in [-0.4, -0.2) is 36.5 Å². The Hall–Kier alpha value is -1.75. The second kappa shape index (κ2) is 5.21. The van der Waals surface area contributed by atoms with Gasteiger partial charge in [-0.25, -0.2) is 4.79 Å². The highest BCUT2D eigenvalue weighted by molar-refractivity contribution is 5.91. The molecule has 0 aromatic heterocycles. The highest BCUT2D eigenvalue weighted by Crippen LogP contribution is 2.24. The molecule has 1 aromatic rings. The Morgan fingerprint density at radius 1 is 1.47 bits per heavy atom. The lowest BCUT2D eigenvalue weighted by atomic mass is 10.2. The van der Waals surface area contributed by atoms with E-state index in [9.17, 15) is 4.79 Å². The van der Waals surface area contributed by atoms with Crippen LogP contribution in [0.25, 0.3) is 0 Å². The van der Waals surface area contributed by atoms with Crippen LogP contribution in [0.5, 0.6) is 11.5 Å². The standard InChI is InChI=1S/C10H12O5/c1-14-7-2-3-8(10(12)13)9(6-7)15-5-4-11/h2-3,6,11H,4-5H2,1H3,(H,12,13). The Bertz CT molecular complexity index is 348. The van der Waals surface area contributed by atoms with Gasteiger partial charge in [-0.05, 0) is 12.1 Å². The molecule has 0 aliphatic heterocycles. The minimum Gasteiger partial charge on any atom is -0.497 e. The van der Waals surface area contributed by atoms with Crippen molar-refractivity contribution >= 4 is 5.97 Å². The van der Waals surface area contributed by atoms with Gasteiger partial charge < -0.3 is 19.7 Å². The number of aromatic carboxylic acids is 1. The molecule has 0 fully saturated rings. The maximum absolute atomic E-state index is 10.8. The molecule has 1 rings (SSSR count). The van der Waals surface area contributed by atoms with E-state index in [1.54, 1.807) is 0 Å². The SMILES string of the molecule is COc1ccc(C(=O)O)c(OCCO)c1. The second-order valence-electron chi connectivity index (χ2n) is 2.74. The first-order valence-electron chi connectivity index (χ1n) is 4.34. The number of aliphatic hydroxyl groups excluding tert-OH is 1. The van der Waals surface area contributed by atoms with E-state index in [4.69, 9.17) is 19.7 Å². The molecular formula is C10H12O5. The summed E-state index contributed by atoms with van der Waals surface area (Å²) >= 11 is 0. The van der Waals surface area contributed by atoms with Gasteiger partial charge in [0, 0.05) is 6.07 Å². The molecular weight excluding hydrogens is 200 g/mol. The fourth-order valence-electron chi connectivity index (χ4n) is 1.08. The van der Waals surface area contributed by atoms with Crippen LogP contribution in [0.15, 0.2) is 18.2 Å². The van der Waals surface area contributed by atoms with Gasteiger partial charge in [-0.15, -0.1) is 0 Å². The van der Waals surface area contributed by atoms with E-state index in [-0.39, 0.29) is 24.5 Å².